The molecule has 1 fully saturated rings. The molecule has 1 saturated heterocycles. The Labute approximate surface area is 143 Å². The number of nitrogens with zero attached hydrogens (tertiary/aromatic N) is 1. The number of piperidine rings is 1. The molecule has 1 atom stereocenters. The Morgan fingerprint density at radius 2 is 2.00 bits per heavy atom. The lowest BCUT2D eigenvalue weighted by Gasteiger charge is -2.34. The van der Waals surface area contributed by atoms with Crippen LogP contribution in [0.5, 0.6) is 11.5 Å². The van der Waals surface area contributed by atoms with E-state index in [-0.39, 0.29) is 12.3 Å². The van der Waals surface area contributed by atoms with Crippen molar-refractivity contribution in [2.24, 2.45) is 5.92 Å². The van der Waals surface area contributed by atoms with E-state index >= 15 is 0 Å². The van der Waals surface area contributed by atoms with Gasteiger partial charge in [0.15, 0.2) is 11.5 Å². The SMILES string of the molecule is COc1cccc([C@H](O)C2CCN(CCCC(=O)O)CC2)c1OC. The molecule has 0 amide bonds. The summed E-state index contributed by atoms with van der Waals surface area (Å²) in [4.78, 5) is 12.9. The molecular weight excluding hydrogens is 310 g/mol. The van der Waals surface area contributed by atoms with E-state index in [0.717, 1.165) is 38.0 Å². The Morgan fingerprint density at radius 1 is 1.29 bits per heavy atom. The van der Waals surface area contributed by atoms with Crippen molar-refractivity contribution in [1.82, 2.24) is 4.90 Å². The van der Waals surface area contributed by atoms with E-state index in [9.17, 15) is 9.90 Å². The van der Waals surface area contributed by atoms with Gasteiger partial charge in [-0.1, -0.05) is 12.1 Å². The third kappa shape index (κ3) is 4.61. The molecule has 0 saturated carbocycles. The van der Waals surface area contributed by atoms with Crippen LogP contribution in [-0.4, -0.2) is 54.9 Å². The number of hydrogen-bond donors (Lipinski definition) is 2. The molecule has 2 rings (SSSR count). The molecule has 1 aliphatic rings. The molecule has 6 nitrogen and oxygen atoms in total. The van der Waals surface area contributed by atoms with Crippen LogP contribution in [0.4, 0.5) is 0 Å². The number of hydrogen-bond acceptors (Lipinski definition) is 5. The van der Waals surface area contributed by atoms with Crippen molar-refractivity contribution in [3.63, 3.8) is 0 Å². The Bertz CT molecular complexity index is 540. The highest BCUT2D eigenvalue weighted by Gasteiger charge is 2.28. The summed E-state index contributed by atoms with van der Waals surface area (Å²) in [5.41, 5.74) is 0.765. The first kappa shape index (κ1) is 18.5. The Balaban J connectivity index is 1.93. The van der Waals surface area contributed by atoms with Crippen molar-refractivity contribution in [1.29, 1.82) is 0 Å². The summed E-state index contributed by atoms with van der Waals surface area (Å²) in [5.74, 6) is 0.642. The molecule has 0 aliphatic carbocycles. The van der Waals surface area contributed by atoms with Crippen molar-refractivity contribution in [3.8, 4) is 11.5 Å². The molecule has 2 N–H and O–H groups in total. The molecule has 1 aromatic rings. The van der Waals surface area contributed by atoms with Crippen LogP contribution in [0.3, 0.4) is 0 Å². The van der Waals surface area contributed by atoms with Crippen molar-refractivity contribution in [3.05, 3.63) is 23.8 Å². The number of ether oxygens (including phenoxy) is 2. The second kappa shape index (κ2) is 8.89. The second-order valence-electron chi connectivity index (χ2n) is 6.20. The van der Waals surface area contributed by atoms with E-state index in [1.807, 2.05) is 18.2 Å². The number of aliphatic hydroxyl groups excluding tert-OH is 1. The van der Waals surface area contributed by atoms with Gasteiger partial charge in [0.05, 0.1) is 20.3 Å². The Kier molecular flexibility index (Phi) is 6.87. The molecule has 1 aliphatic heterocycles. The molecule has 1 heterocycles. The number of benzene rings is 1. The minimum atomic E-state index is -0.745. The highest BCUT2D eigenvalue weighted by Crippen LogP contribution is 2.39. The van der Waals surface area contributed by atoms with Gasteiger partial charge in [-0.15, -0.1) is 0 Å². The van der Waals surface area contributed by atoms with Crippen LogP contribution in [0.2, 0.25) is 0 Å². The molecule has 0 spiro atoms. The predicted molar refractivity (Wildman–Crippen MR) is 90.5 cm³/mol. The Hall–Kier alpha value is -1.79. The molecule has 1 aromatic carbocycles. The summed E-state index contributed by atoms with van der Waals surface area (Å²) in [5, 5.41) is 19.5. The maximum atomic E-state index is 10.8. The molecule has 0 radical (unpaired) electrons. The number of aliphatic hydroxyl groups is 1. The minimum absolute atomic E-state index is 0.168. The van der Waals surface area contributed by atoms with Gasteiger partial charge in [-0.3, -0.25) is 4.79 Å². The molecule has 6 heteroatoms. The van der Waals surface area contributed by atoms with E-state index in [0.29, 0.717) is 17.9 Å². The number of para-hydroxylation sites is 1. The van der Waals surface area contributed by atoms with Crippen LogP contribution in [0.25, 0.3) is 0 Å². The topological polar surface area (TPSA) is 79.2 Å². The lowest BCUT2D eigenvalue weighted by atomic mass is 9.87. The second-order valence-corrected chi connectivity index (χ2v) is 6.20. The number of aliphatic carboxylic acids is 1. The van der Waals surface area contributed by atoms with Crippen molar-refractivity contribution in [2.45, 2.75) is 31.8 Å². The summed E-state index contributed by atoms with van der Waals surface area (Å²) < 4.78 is 10.7. The average molecular weight is 337 g/mol. The van der Waals surface area contributed by atoms with E-state index in [1.165, 1.54) is 0 Å². The number of likely N-dealkylation sites (tertiary alicyclic amines) is 1. The summed E-state index contributed by atoms with van der Waals surface area (Å²) in [7, 11) is 3.17. The van der Waals surface area contributed by atoms with E-state index in [4.69, 9.17) is 14.6 Å². The van der Waals surface area contributed by atoms with Gasteiger partial charge >= 0.3 is 5.97 Å². The number of carboxylic acid groups (broad SMARTS) is 1. The van der Waals surface area contributed by atoms with Crippen LogP contribution < -0.4 is 9.47 Å². The zero-order valence-corrected chi connectivity index (χ0v) is 14.4. The lowest BCUT2D eigenvalue weighted by molar-refractivity contribution is -0.137. The first-order valence-corrected chi connectivity index (χ1v) is 8.40. The van der Waals surface area contributed by atoms with Gasteiger partial charge in [0.25, 0.3) is 0 Å². The highest BCUT2D eigenvalue weighted by molar-refractivity contribution is 5.66. The van der Waals surface area contributed by atoms with Crippen LogP contribution in [0, 0.1) is 5.92 Å². The molecule has 134 valence electrons. The largest absolute Gasteiger partial charge is 0.493 e. The van der Waals surface area contributed by atoms with E-state index in [2.05, 4.69) is 4.90 Å². The van der Waals surface area contributed by atoms with Gasteiger partial charge in [0.2, 0.25) is 0 Å². The highest BCUT2D eigenvalue weighted by atomic mass is 16.5. The van der Waals surface area contributed by atoms with E-state index in [1.54, 1.807) is 14.2 Å². The quantitative estimate of drug-likeness (QED) is 0.758. The maximum Gasteiger partial charge on any atom is 0.303 e. The third-order valence-corrected chi connectivity index (χ3v) is 4.70. The fourth-order valence-corrected chi connectivity index (χ4v) is 3.34. The smallest absolute Gasteiger partial charge is 0.303 e. The molecular formula is C18H27NO5. The zero-order chi connectivity index (χ0) is 17.5. The van der Waals surface area contributed by atoms with Crippen molar-refractivity contribution >= 4 is 5.97 Å². The fourth-order valence-electron chi connectivity index (χ4n) is 3.34. The third-order valence-electron chi connectivity index (χ3n) is 4.70. The number of rotatable bonds is 8. The molecule has 0 bridgehead atoms. The number of carboxylic acids is 1. The zero-order valence-electron chi connectivity index (χ0n) is 14.4. The van der Waals surface area contributed by atoms with E-state index < -0.39 is 12.1 Å². The Morgan fingerprint density at radius 3 is 2.58 bits per heavy atom. The fraction of sp³-hybridized carbons (Fsp3) is 0.611. The van der Waals surface area contributed by atoms with Crippen LogP contribution in [0.15, 0.2) is 18.2 Å². The van der Waals surface area contributed by atoms with Gasteiger partial charge < -0.3 is 24.6 Å². The number of carbonyl (C=O) groups is 1. The molecule has 0 aromatic heterocycles. The van der Waals surface area contributed by atoms with Crippen LogP contribution in [0.1, 0.15) is 37.4 Å². The predicted octanol–water partition coefficient (Wildman–Crippen LogP) is 2.31. The number of methoxy groups -OCH3 is 2. The van der Waals surface area contributed by atoms with Gasteiger partial charge in [-0.25, -0.2) is 0 Å². The first-order valence-electron chi connectivity index (χ1n) is 8.40. The summed E-state index contributed by atoms with van der Waals surface area (Å²) >= 11 is 0. The summed E-state index contributed by atoms with van der Waals surface area (Å²) in [6.07, 6.45) is 2.06. The van der Waals surface area contributed by atoms with Gasteiger partial charge in [0.1, 0.15) is 0 Å². The normalized spacial score (nSPS) is 17.5. The molecule has 24 heavy (non-hydrogen) atoms. The summed E-state index contributed by atoms with van der Waals surface area (Å²) in [6.45, 7) is 2.57. The monoisotopic (exact) mass is 337 g/mol. The van der Waals surface area contributed by atoms with Gasteiger partial charge in [-0.05, 0) is 50.9 Å². The molecule has 0 unspecified atom stereocenters. The van der Waals surface area contributed by atoms with Crippen LogP contribution in [-0.2, 0) is 4.79 Å². The minimum Gasteiger partial charge on any atom is -0.493 e. The lowest BCUT2D eigenvalue weighted by Crippen LogP contribution is -2.36. The first-order chi connectivity index (χ1) is 11.6. The van der Waals surface area contributed by atoms with Gasteiger partial charge in [0, 0.05) is 12.0 Å². The van der Waals surface area contributed by atoms with Crippen LogP contribution >= 0.6 is 0 Å². The van der Waals surface area contributed by atoms with Gasteiger partial charge in [-0.2, -0.15) is 0 Å². The summed E-state index contributed by atoms with van der Waals surface area (Å²) in [6, 6.07) is 5.56. The van der Waals surface area contributed by atoms with Crippen molar-refractivity contribution < 1.29 is 24.5 Å². The maximum absolute atomic E-state index is 10.8. The van der Waals surface area contributed by atoms with Crippen molar-refractivity contribution in [2.75, 3.05) is 33.9 Å². The standard InChI is InChI=1S/C18H27NO5/c1-23-15-6-3-5-14(18(15)24-2)17(22)13-8-11-19(12-9-13)10-4-7-16(20)21/h3,5-6,13,17,22H,4,7-12H2,1-2H3,(H,20,21)/t17-/m1/s1. The average Bonchev–Trinajstić information content (AvgIpc) is 2.60.